The van der Waals surface area contributed by atoms with Gasteiger partial charge >= 0.3 is 5.69 Å². The van der Waals surface area contributed by atoms with Crippen LogP contribution < -0.4 is 16.6 Å². The third-order valence-corrected chi connectivity index (χ3v) is 5.28. The molecule has 168 valence electrons. The van der Waals surface area contributed by atoms with Crippen molar-refractivity contribution in [1.29, 1.82) is 0 Å². The summed E-state index contributed by atoms with van der Waals surface area (Å²) in [5, 5.41) is 12.3. The first-order valence-corrected chi connectivity index (χ1v) is 10.4. The van der Waals surface area contributed by atoms with Gasteiger partial charge in [-0.05, 0) is 43.5 Å². The smallest absolute Gasteiger partial charge is 0.332 e. The highest BCUT2D eigenvalue weighted by molar-refractivity contribution is 6.09. The van der Waals surface area contributed by atoms with Gasteiger partial charge in [-0.2, -0.15) is 0 Å². The molecule has 0 aliphatic heterocycles. The number of aliphatic hydroxyl groups excluding tert-OH is 1. The number of aliphatic hydroxyl groups is 1. The molecule has 0 amide bonds. The third-order valence-electron chi connectivity index (χ3n) is 5.28. The van der Waals surface area contributed by atoms with Crippen LogP contribution in [0.25, 0.3) is 0 Å². The molecule has 2 aromatic carbocycles. The van der Waals surface area contributed by atoms with Crippen molar-refractivity contribution >= 4 is 11.7 Å². The molecule has 0 atom stereocenters. The highest BCUT2D eigenvalue weighted by Gasteiger charge is 2.17. The Bertz CT molecular complexity index is 1210. The minimum absolute atomic E-state index is 0.109. The Balaban J connectivity index is 2.06. The second-order valence-corrected chi connectivity index (χ2v) is 7.58. The molecule has 0 saturated heterocycles. The monoisotopic (exact) mass is 438 g/mol. The lowest BCUT2D eigenvalue weighted by atomic mass is 10.1. The number of rotatable bonds is 7. The molecular formula is C24H27FN4O3. The number of hydrogen-bond acceptors (Lipinski definition) is 4. The molecule has 1 heterocycles. The van der Waals surface area contributed by atoms with E-state index >= 15 is 0 Å². The van der Waals surface area contributed by atoms with E-state index in [0.29, 0.717) is 23.6 Å². The second-order valence-electron chi connectivity index (χ2n) is 7.58. The van der Waals surface area contributed by atoms with Crippen molar-refractivity contribution in [3.8, 4) is 0 Å². The van der Waals surface area contributed by atoms with E-state index in [2.05, 4.69) is 10.3 Å². The maximum atomic E-state index is 13.2. The van der Waals surface area contributed by atoms with Gasteiger partial charge in [0.25, 0.3) is 5.56 Å². The lowest BCUT2D eigenvalue weighted by Crippen LogP contribution is -2.42. The van der Waals surface area contributed by atoms with Gasteiger partial charge in [0.15, 0.2) is 0 Å². The van der Waals surface area contributed by atoms with Gasteiger partial charge in [-0.25, -0.2) is 9.18 Å². The van der Waals surface area contributed by atoms with Crippen molar-refractivity contribution in [3.05, 3.63) is 97.4 Å². The summed E-state index contributed by atoms with van der Waals surface area (Å²) in [6.45, 7) is 3.92. The van der Waals surface area contributed by atoms with Crippen LogP contribution in [0.15, 0.2) is 63.1 Å². The summed E-state index contributed by atoms with van der Waals surface area (Å²) in [6, 6.07) is 13.7. The quantitative estimate of drug-likeness (QED) is 0.439. The van der Waals surface area contributed by atoms with Crippen LogP contribution in [0.4, 0.5) is 10.2 Å². The molecule has 3 rings (SSSR count). The van der Waals surface area contributed by atoms with E-state index in [0.717, 1.165) is 21.3 Å². The molecule has 7 nitrogen and oxygen atoms in total. The number of benzene rings is 2. The minimum Gasteiger partial charge on any atom is -0.396 e. The summed E-state index contributed by atoms with van der Waals surface area (Å²) in [7, 11) is 1.59. The van der Waals surface area contributed by atoms with E-state index in [-0.39, 0.29) is 25.5 Å². The molecule has 0 aliphatic rings. The molecule has 3 aromatic rings. The highest BCUT2D eigenvalue weighted by atomic mass is 19.1. The minimum atomic E-state index is -0.473. The number of amidine groups is 1. The van der Waals surface area contributed by atoms with Crippen molar-refractivity contribution in [2.45, 2.75) is 33.4 Å². The number of aryl methyl sites for hydroxylation is 1. The molecule has 0 unspecified atom stereocenters. The Morgan fingerprint density at radius 2 is 1.78 bits per heavy atom. The van der Waals surface area contributed by atoms with Gasteiger partial charge in [0.2, 0.25) is 0 Å². The molecule has 1 aromatic heterocycles. The predicted octanol–water partition coefficient (Wildman–Crippen LogP) is 2.74. The normalized spacial score (nSPS) is 11.6. The predicted molar refractivity (Wildman–Crippen MR) is 124 cm³/mol. The van der Waals surface area contributed by atoms with E-state index < -0.39 is 11.2 Å². The van der Waals surface area contributed by atoms with Gasteiger partial charge in [-0.3, -0.25) is 18.9 Å². The Kier molecular flexibility index (Phi) is 7.37. The van der Waals surface area contributed by atoms with Crippen LogP contribution in [-0.4, -0.2) is 26.7 Å². The van der Waals surface area contributed by atoms with Gasteiger partial charge < -0.3 is 10.4 Å². The van der Waals surface area contributed by atoms with Crippen LogP contribution in [0.2, 0.25) is 0 Å². The first-order valence-electron chi connectivity index (χ1n) is 10.4. The SMILES string of the molecule is Cc1ccccc1C(=NCc1ccc(F)cc1)Nc1c(C)c(=O)n(CCCO)c(=O)n1C. The second kappa shape index (κ2) is 10.2. The largest absolute Gasteiger partial charge is 0.396 e. The maximum Gasteiger partial charge on any atom is 0.332 e. The van der Waals surface area contributed by atoms with Crippen molar-refractivity contribution < 1.29 is 9.50 Å². The summed E-state index contributed by atoms with van der Waals surface area (Å²) in [6.07, 6.45) is 0.314. The van der Waals surface area contributed by atoms with Gasteiger partial charge in [0.05, 0.1) is 12.1 Å². The maximum absolute atomic E-state index is 13.2. The van der Waals surface area contributed by atoms with Gasteiger partial charge in [0.1, 0.15) is 17.5 Å². The first-order chi connectivity index (χ1) is 15.3. The zero-order valence-corrected chi connectivity index (χ0v) is 18.4. The molecule has 0 saturated carbocycles. The van der Waals surface area contributed by atoms with Crippen molar-refractivity contribution in [1.82, 2.24) is 9.13 Å². The average molecular weight is 439 g/mol. The zero-order valence-electron chi connectivity index (χ0n) is 18.4. The number of nitrogens with zero attached hydrogens (tertiary/aromatic N) is 3. The van der Waals surface area contributed by atoms with Crippen LogP contribution in [0, 0.1) is 19.7 Å². The fraction of sp³-hybridized carbons (Fsp3) is 0.292. The molecule has 0 bridgehead atoms. The molecule has 0 aliphatic carbocycles. The molecule has 8 heteroatoms. The Labute approximate surface area is 185 Å². The standard InChI is InChI=1S/C24H27FN4O3/c1-16-7-4-5-8-20(16)21(26-15-18-9-11-19(25)12-10-18)27-22-17(2)23(31)29(13-6-14-30)24(32)28(22)3/h4-5,7-12,30H,6,13-15H2,1-3H3,(H,26,27). The average Bonchev–Trinajstić information content (AvgIpc) is 2.79. The van der Waals surface area contributed by atoms with Crippen LogP contribution in [0.1, 0.15) is 28.7 Å². The van der Waals surface area contributed by atoms with Crippen LogP contribution >= 0.6 is 0 Å². The molecule has 0 fully saturated rings. The number of hydrogen-bond donors (Lipinski definition) is 2. The lowest BCUT2D eigenvalue weighted by molar-refractivity contribution is 0.277. The Hall–Kier alpha value is -3.52. The summed E-state index contributed by atoms with van der Waals surface area (Å²) >= 11 is 0. The molecular weight excluding hydrogens is 411 g/mol. The van der Waals surface area contributed by atoms with Gasteiger partial charge in [-0.15, -0.1) is 0 Å². The molecule has 32 heavy (non-hydrogen) atoms. The third kappa shape index (κ3) is 5.03. The van der Waals surface area contributed by atoms with Crippen molar-refractivity contribution in [2.75, 3.05) is 11.9 Å². The fourth-order valence-electron chi connectivity index (χ4n) is 3.43. The number of aliphatic imine (C=N–C) groups is 1. The molecule has 0 spiro atoms. The number of nitrogens with one attached hydrogen (secondary N) is 1. The highest BCUT2D eigenvalue weighted by Crippen LogP contribution is 2.15. The number of aromatic nitrogens is 2. The first kappa shape index (κ1) is 23.1. The van der Waals surface area contributed by atoms with E-state index in [1.807, 2.05) is 31.2 Å². The summed E-state index contributed by atoms with van der Waals surface area (Å²) in [5.74, 6) is 0.529. The Morgan fingerprint density at radius 1 is 1.09 bits per heavy atom. The number of anilines is 1. The van der Waals surface area contributed by atoms with Crippen LogP contribution in [-0.2, 0) is 20.1 Å². The fourth-order valence-corrected chi connectivity index (χ4v) is 3.43. The van der Waals surface area contributed by atoms with Gasteiger partial charge in [-0.1, -0.05) is 36.4 Å². The lowest BCUT2D eigenvalue weighted by Gasteiger charge is -2.18. The topological polar surface area (TPSA) is 88.6 Å². The van der Waals surface area contributed by atoms with E-state index in [9.17, 15) is 14.0 Å². The van der Waals surface area contributed by atoms with Gasteiger partial charge in [0, 0.05) is 25.8 Å². The van der Waals surface area contributed by atoms with E-state index in [1.165, 1.54) is 16.7 Å². The summed E-state index contributed by atoms with van der Waals surface area (Å²) in [4.78, 5) is 30.3. The van der Waals surface area contributed by atoms with E-state index in [1.54, 1.807) is 26.1 Å². The van der Waals surface area contributed by atoms with Crippen molar-refractivity contribution in [3.63, 3.8) is 0 Å². The summed E-state index contributed by atoms with van der Waals surface area (Å²) < 4.78 is 15.7. The zero-order chi connectivity index (χ0) is 23.3. The van der Waals surface area contributed by atoms with Crippen molar-refractivity contribution in [2.24, 2.45) is 12.0 Å². The van der Waals surface area contributed by atoms with Crippen LogP contribution in [0.3, 0.4) is 0 Å². The molecule has 0 radical (unpaired) electrons. The van der Waals surface area contributed by atoms with Crippen LogP contribution in [0.5, 0.6) is 0 Å². The number of halogens is 1. The van der Waals surface area contributed by atoms with E-state index in [4.69, 9.17) is 5.11 Å². The molecule has 2 N–H and O–H groups in total. The Morgan fingerprint density at radius 3 is 2.44 bits per heavy atom. The summed E-state index contributed by atoms with van der Waals surface area (Å²) in [5.41, 5.74) is 2.10.